The zero-order valence-electron chi connectivity index (χ0n) is 6.41. The summed E-state index contributed by atoms with van der Waals surface area (Å²) in [5.41, 5.74) is 2.76. The van der Waals surface area contributed by atoms with Crippen molar-refractivity contribution < 1.29 is 9.63 Å². The SMILES string of the molecule is C=C(ON[C]=O)c1ccccc1. The molecule has 61 valence electrons. The van der Waals surface area contributed by atoms with Gasteiger partial charge in [-0.05, 0) is 0 Å². The Bertz CT molecular complexity index is 269. The Balaban J connectivity index is 2.59. The van der Waals surface area contributed by atoms with Crippen LogP contribution >= 0.6 is 0 Å². The fraction of sp³-hybridized carbons (Fsp3) is 0. The largest absolute Gasteiger partial charge is 0.379 e. The molecule has 0 unspecified atom stereocenters. The second-order valence-electron chi connectivity index (χ2n) is 2.10. The van der Waals surface area contributed by atoms with Crippen LogP contribution in [-0.4, -0.2) is 6.41 Å². The molecule has 1 radical (unpaired) electrons. The Kier molecular flexibility index (Phi) is 2.90. The number of carbonyl (C=O) groups excluding carboxylic acids is 1. The van der Waals surface area contributed by atoms with E-state index in [0.29, 0.717) is 5.76 Å². The van der Waals surface area contributed by atoms with Crippen molar-refractivity contribution in [1.82, 2.24) is 5.48 Å². The first-order valence-corrected chi connectivity index (χ1v) is 3.38. The van der Waals surface area contributed by atoms with Gasteiger partial charge in [0.1, 0.15) is 0 Å². The van der Waals surface area contributed by atoms with Crippen LogP contribution < -0.4 is 5.48 Å². The van der Waals surface area contributed by atoms with E-state index < -0.39 is 0 Å². The second-order valence-corrected chi connectivity index (χ2v) is 2.10. The summed E-state index contributed by atoms with van der Waals surface area (Å²) in [5.74, 6) is 0.388. The molecule has 1 amide bonds. The lowest BCUT2D eigenvalue weighted by molar-refractivity contribution is 0.215. The minimum Gasteiger partial charge on any atom is -0.379 e. The number of hydrogen-bond acceptors (Lipinski definition) is 2. The molecule has 1 N–H and O–H groups in total. The summed E-state index contributed by atoms with van der Waals surface area (Å²) in [4.78, 5) is 14.4. The summed E-state index contributed by atoms with van der Waals surface area (Å²) in [5, 5.41) is 0. The first-order valence-electron chi connectivity index (χ1n) is 3.38. The first-order chi connectivity index (χ1) is 5.84. The van der Waals surface area contributed by atoms with Crippen LogP contribution in [-0.2, 0) is 9.63 Å². The van der Waals surface area contributed by atoms with E-state index in [0.717, 1.165) is 5.56 Å². The molecule has 0 saturated heterocycles. The summed E-state index contributed by atoms with van der Waals surface area (Å²) in [6.07, 6.45) is 1.39. The summed E-state index contributed by atoms with van der Waals surface area (Å²) < 4.78 is 0. The molecule has 0 saturated carbocycles. The summed E-state index contributed by atoms with van der Waals surface area (Å²) >= 11 is 0. The maximum absolute atomic E-state index is 9.74. The van der Waals surface area contributed by atoms with Crippen LogP contribution in [0.4, 0.5) is 0 Å². The molecule has 0 aliphatic carbocycles. The average Bonchev–Trinajstić information content (AvgIpc) is 2.15. The van der Waals surface area contributed by atoms with E-state index in [9.17, 15) is 4.79 Å². The van der Waals surface area contributed by atoms with Gasteiger partial charge >= 0.3 is 6.41 Å². The highest BCUT2D eigenvalue weighted by molar-refractivity contribution is 5.58. The lowest BCUT2D eigenvalue weighted by atomic mass is 10.2. The summed E-state index contributed by atoms with van der Waals surface area (Å²) in [6, 6.07) is 9.25. The fourth-order valence-electron chi connectivity index (χ4n) is 0.765. The first kappa shape index (κ1) is 8.33. The third kappa shape index (κ3) is 2.12. The molecule has 3 heteroatoms. The molecule has 1 rings (SSSR count). The van der Waals surface area contributed by atoms with Crippen LogP contribution in [0.2, 0.25) is 0 Å². The van der Waals surface area contributed by atoms with E-state index in [4.69, 9.17) is 4.84 Å². The molecule has 0 atom stereocenters. The molecule has 3 nitrogen and oxygen atoms in total. The van der Waals surface area contributed by atoms with Crippen molar-refractivity contribution in [2.75, 3.05) is 0 Å². The average molecular weight is 162 g/mol. The predicted molar refractivity (Wildman–Crippen MR) is 45.4 cm³/mol. The smallest absolute Gasteiger partial charge is 0.344 e. The van der Waals surface area contributed by atoms with Gasteiger partial charge in [-0.2, -0.15) is 5.48 Å². The van der Waals surface area contributed by atoms with Crippen molar-refractivity contribution in [1.29, 1.82) is 0 Å². The molecule has 0 spiro atoms. The van der Waals surface area contributed by atoms with Crippen LogP contribution in [0.3, 0.4) is 0 Å². The Morgan fingerprint density at radius 1 is 1.42 bits per heavy atom. The molecule has 0 bridgehead atoms. The minimum atomic E-state index is 0.388. The van der Waals surface area contributed by atoms with Gasteiger partial charge in [-0.25, -0.2) is 0 Å². The van der Waals surface area contributed by atoms with Gasteiger partial charge in [0.15, 0.2) is 5.76 Å². The van der Waals surface area contributed by atoms with Crippen molar-refractivity contribution in [2.24, 2.45) is 0 Å². The van der Waals surface area contributed by atoms with Crippen molar-refractivity contribution in [3.05, 3.63) is 42.5 Å². The molecule has 0 aliphatic heterocycles. The monoisotopic (exact) mass is 162 g/mol. The van der Waals surface area contributed by atoms with Crippen molar-refractivity contribution in [3.8, 4) is 0 Å². The van der Waals surface area contributed by atoms with Gasteiger partial charge in [0.25, 0.3) is 0 Å². The van der Waals surface area contributed by atoms with Gasteiger partial charge < -0.3 is 4.84 Å². The van der Waals surface area contributed by atoms with Crippen molar-refractivity contribution in [2.45, 2.75) is 0 Å². The molecular weight excluding hydrogens is 154 g/mol. The van der Waals surface area contributed by atoms with Crippen molar-refractivity contribution in [3.63, 3.8) is 0 Å². The molecule has 1 aromatic rings. The Morgan fingerprint density at radius 2 is 2.08 bits per heavy atom. The highest BCUT2D eigenvalue weighted by Gasteiger charge is 1.96. The Hall–Kier alpha value is -1.77. The number of nitrogens with one attached hydrogen (secondary N) is 1. The van der Waals surface area contributed by atoms with Gasteiger partial charge in [0.2, 0.25) is 0 Å². The zero-order chi connectivity index (χ0) is 8.81. The third-order valence-electron chi connectivity index (χ3n) is 1.31. The summed E-state index contributed by atoms with van der Waals surface area (Å²) in [7, 11) is 0. The maximum atomic E-state index is 9.74. The van der Waals surface area contributed by atoms with E-state index in [1.54, 1.807) is 0 Å². The molecule has 0 heterocycles. The second kappa shape index (κ2) is 4.18. The lowest BCUT2D eigenvalue weighted by Gasteiger charge is -2.04. The topological polar surface area (TPSA) is 38.3 Å². The number of hydroxylamine groups is 1. The molecule has 12 heavy (non-hydrogen) atoms. The number of hydrogen-bond donors (Lipinski definition) is 1. The Labute approximate surface area is 70.6 Å². The molecule has 0 aliphatic rings. The van der Waals surface area contributed by atoms with Crippen LogP contribution in [0.25, 0.3) is 5.76 Å². The highest BCUT2D eigenvalue weighted by Crippen LogP contribution is 2.10. The predicted octanol–water partition coefficient (Wildman–Crippen LogP) is 1.25. The minimum absolute atomic E-state index is 0.388. The molecule has 0 aromatic heterocycles. The molecule has 1 aromatic carbocycles. The van der Waals surface area contributed by atoms with E-state index in [2.05, 4.69) is 6.58 Å². The summed E-state index contributed by atoms with van der Waals surface area (Å²) in [6.45, 7) is 3.60. The standard InChI is InChI=1S/C9H8NO2/c1-8(12-10-7-11)9-5-3-2-4-6-9/h2-6H,1H2,(H,10,11). The van der Waals surface area contributed by atoms with Crippen molar-refractivity contribution >= 4 is 12.2 Å². The van der Waals surface area contributed by atoms with E-state index in [1.807, 2.05) is 35.8 Å². The highest BCUT2D eigenvalue weighted by atomic mass is 16.7. The van der Waals surface area contributed by atoms with Crippen LogP contribution in [0.15, 0.2) is 36.9 Å². The van der Waals surface area contributed by atoms with Gasteiger partial charge in [0.05, 0.1) is 0 Å². The molecule has 0 fully saturated rings. The number of amides is 1. The fourth-order valence-corrected chi connectivity index (χ4v) is 0.765. The quantitative estimate of drug-likeness (QED) is 0.411. The Morgan fingerprint density at radius 3 is 2.67 bits per heavy atom. The normalized spacial score (nSPS) is 8.67. The van der Waals surface area contributed by atoms with Gasteiger partial charge in [-0.15, -0.1) is 0 Å². The van der Waals surface area contributed by atoms with E-state index in [1.165, 1.54) is 6.41 Å². The third-order valence-corrected chi connectivity index (χ3v) is 1.31. The van der Waals surface area contributed by atoms with Gasteiger partial charge in [-0.3, -0.25) is 4.79 Å². The van der Waals surface area contributed by atoms with Gasteiger partial charge in [0, 0.05) is 5.56 Å². The van der Waals surface area contributed by atoms with Gasteiger partial charge in [-0.1, -0.05) is 36.9 Å². The number of benzene rings is 1. The van der Waals surface area contributed by atoms with E-state index in [-0.39, 0.29) is 0 Å². The lowest BCUT2D eigenvalue weighted by Crippen LogP contribution is -2.09. The van der Waals surface area contributed by atoms with Crippen LogP contribution in [0, 0.1) is 0 Å². The molecular formula is C9H8NO2. The zero-order valence-corrected chi connectivity index (χ0v) is 6.41. The van der Waals surface area contributed by atoms with Crippen LogP contribution in [0.5, 0.6) is 0 Å². The maximum Gasteiger partial charge on any atom is 0.344 e. The van der Waals surface area contributed by atoms with E-state index >= 15 is 0 Å². The van der Waals surface area contributed by atoms with Crippen LogP contribution in [0.1, 0.15) is 5.56 Å². The number of rotatable bonds is 4.